The maximum absolute atomic E-state index is 13.2. The molecule has 1 rings (SSSR count). The molecule has 2 atom stereocenters. The summed E-state index contributed by atoms with van der Waals surface area (Å²) in [5.74, 6) is -0.890. The summed E-state index contributed by atoms with van der Waals surface area (Å²) in [6.45, 7) is 1.79. The van der Waals surface area contributed by atoms with Crippen LogP contribution in [0.3, 0.4) is 0 Å². The zero-order valence-electron chi connectivity index (χ0n) is 8.84. The first-order valence-electron chi connectivity index (χ1n) is 4.77. The Labute approximate surface area is 88.0 Å². The van der Waals surface area contributed by atoms with Gasteiger partial charge >= 0.3 is 0 Å². The molecule has 0 saturated carbocycles. The van der Waals surface area contributed by atoms with Gasteiger partial charge in [-0.15, -0.1) is 0 Å². The van der Waals surface area contributed by atoms with E-state index in [0.29, 0.717) is 0 Å². The fourth-order valence-corrected chi connectivity index (χ4v) is 1.29. The number of hydrogen-bond acceptors (Lipinski definition) is 2. The van der Waals surface area contributed by atoms with Crippen LogP contribution in [0.5, 0.6) is 0 Å². The summed E-state index contributed by atoms with van der Waals surface area (Å²) in [4.78, 5) is 0. The van der Waals surface area contributed by atoms with E-state index < -0.39 is 11.6 Å². The molecule has 0 aliphatic rings. The van der Waals surface area contributed by atoms with Crippen molar-refractivity contribution >= 4 is 0 Å². The fraction of sp³-hybridized carbons (Fsp3) is 0.455. The molecular formula is C11H15F2NO. The third-order valence-corrected chi connectivity index (χ3v) is 2.44. The van der Waals surface area contributed by atoms with E-state index in [0.717, 1.165) is 18.2 Å². The molecule has 84 valence electrons. The highest BCUT2D eigenvalue weighted by atomic mass is 19.1. The molecule has 0 fully saturated rings. The van der Waals surface area contributed by atoms with Crippen molar-refractivity contribution in [3.8, 4) is 0 Å². The van der Waals surface area contributed by atoms with Crippen molar-refractivity contribution in [3.63, 3.8) is 0 Å². The van der Waals surface area contributed by atoms with Crippen LogP contribution < -0.4 is 5.73 Å². The van der Waals surface area contributed by atoms with E-state index in [1.807, 2.05) is 0 Å². The van der Waals surface area contributed by atoms with Crippen LogP contribution in [0.2, 0.25) is 0 Å². The first kappa shape index (κ1) is 12.1. The lowest BCUT2D eigenvalue weighted by Crippen LogP contribution is -2.36. The number of rotatable bonds is 4. The number of hydrogen-bond donors (Lipinski definition) is 1. The molecule has 0 aromatic heterocycles. The van der Waals surface area contributed by atoms with E-state index in [1.54, 1.807) is 6.92 Å². The van der Waals surface area contributed by atoms with Gasteiger partial charge in [-0.2, -0.15) is 0 Å². The van der Waals surface area contributed by atoms with Gasteiger partial charge in [-0.05, 0) is 37.1 Å². The third kappa shape index (κ3) is 3.25. The molecule has 1 aromatic rings. The summed E-state index contributed by atoms with van der Waals surface area (Å²) in [6.07, 6.45) is 0.0752. The Kier molecular flexibility index (Phi) is 4.17. The normalized spacial score (nSPS) is 15.0. The van der Waals surface area contributed by atoms with Crippen molar-refractivity contribution in [2.24, 2.45) is 5.73 Å². The smallest absolute Gasteiger partial charge is 0.126 e. The molecule has 0 aliphatic heterocycles. The molecule has 2 nitrogen and oxygen atoms in total. The van der Waals surface area contributed by atoms with Crippen LogP contribution in [0.4, 0.5) is 8.78 Å². The minimum atomic E-state index is -0.455. The number of methoxy groups -OCH3 is 1. The molecule has 2 N–H and O–H groups in total. The van der Waals surface area contributed by atoms with Gasteiger partial charge in [0.2, 0.25) is 0 Å². The predicted molar refractivity (Wildman–Crippen MR) is 54.5 cm³/mol. The highest BCUT2D eigenvalue weighted by Crippen LogP contribution is 2.13. The van der Waals surface area contributed by atoms with Crippen LogP contribution in [0.1, 0.15) is 12.5 Å². The molecule has 15 heavy (non-hydrogen) atoms. The lowest BCUT2D eigenvalue weighted by molar-refractivity contribution is 0.0953. The van der Waals surface area contributed by atoms with Gasteiger partial charge in [-0.25, -0.2) is 8.78 Å². The van der Waals surface area contributed by atoms with E-state index >= 15 is 0 Å². The standard InChI is InChI=1S/C11H15F2NO/c1-7(15-2)11(14)6-8-5-9(12)3-4-10(8)13/h3-5,7,11H,6,14H2,1-2H3. The Bertz CT molecular complexity index is 330. The van der Waals surface area contributed by atoms with Gasteiger partial charge in [0, 0.05) is 13.2 Å². The van der Waals surface area contributed by atoms with E-state index in [2.05, 4.69) is 0 Å². The first-order chi connectivity index (χ1) is 7.04. The Hall–Kier alpha value is -1.00. The van der Waals surface area contributed by atoms with E-state index in [-0.39, 0.29) is 24.1 Å². The zero-order valence-corrected chi connectivity index (χ0v) is 8.84. The second-order valence-corrected chi connectivity index (χ2v) is 3.54. The van der Waals surface area contributed by atoms with Crippen molar-refractivity contribution in [2.75, 3.05) is 7.11 Å². The summed E-state index contributed by atoms with van der Waals surface area (Å²) in [5, 5.41) is 0. The lowest BCUT2D eigenvalue weighted by atomic mass is 10.0. The molecule has 1 aromatic carbocycles. The lowest BCUT2D eigenvalue weighted by Gasteiger charge is -2.18. The van der Waals surface area contributed by atoms with Crippen molar-refractivity contribution < 1.29 is 13.5 Å². The maximum Gasteiger partial charge on any atom is 0.126 e. The molecule has 0 radical (unpaired) electrons. The van der Waals surface area contributed by atoms with Crippen LogP contribution in [0, 0.1) is 11.6 Å². The SMILES string of the molecule is COC(C)C(N)Cc1cc(F)ccc1F. The maximum atomic E-state index is 13.2. The van der Waals surface area contributed by atoms with Crippen molar-refractivity contribution in [1.29, 1.82) is 0 Å². The Morgan fingerprint density at radius 3 is 2.67 bits per heavy atom. The summed E-state index contributed by atoms with van der Waals surface area (Å²) in [7, 11) is 1.53. The molecule has 0 bridgehead atoms. The third-order valence-electron chi connectivity index (χ3n) is 2.44. The predicted octanol–water partition coefficient (Wildman–Crippen LogP) is 1.87. The average Bonchev–Trinajstić information content (AvgIpc) is 2.22. The highest BCUT2D eigenvalue weighted by molar-refractivity contribution is 5.19. The molecule has 2 unspecified atom stereocenters. The van der Waals surface area contributed by atoms with Gasteiger partial charge in [0.25, 0.3) is 0 Å². The molecule has 0 heterocycles. The van der Waals surface area contributed by atoms with Gasteiger partial charge in [0.05, 0.1) is 6.10 Å². The second kappa shape index (κ2) is 5.19. The van der Waals surface area contributed by atoms with Gasteiger partial charge in [-0.1, -0.05) is 0 Å². The quantitative estimate of drug-likeness (QED) is 0.832. The summed E-state index contributed by atoms with van der Waals surface area (Å²) in [5.41, 5.74) is 6.05. The van der Waals surface area contributed by atoms with Crippen molar-refractivity contribution in [3.05, 3.63) is 35.4 Å². The minimum Gasteiger partial charge on any atom is -0.380 e. The van der Waals surface area contributed by atoms with Crippen molar-refractivity contribution in [2.45, 2.75) is 25.5 Å². The Morgan fingerprint density at radius 2 is 2.07 bits per heavy atom. The number of benzene rings is 1. The summed E-state index contributed by atoms with van der Waals surface area (Å²) in [6, 6.07) is 3.02. The largest absolute Gasteiger partial charge is 0.380 e. The molecule has 0 saturated heterocycles. The Morgan fingerprint density at radius 1 is 1.40 bits per heavy atom. The van der Waals surface area contributed by atoms with Gasteiger partial charge in [0.1, 0.15) is 11.6 Å². The van der Waals surface area contributed by atoms with Crippen LogP contribution in [0.25, 0.3) is 0 Å². The highest BCUT2D eigenvalue weighted by Gasteiger charge is 2.15. The van der Waals surface area contributed by atoms with E-state index in [9.17, 15) is 8.78 Å². The summed E-state index contributed by atoms with van der Waals surface area (Å²) < 4.78 is 31.1. The van der Waals surface area contributed by atoms with Gasteiger partial charge in [-0.3, -0.25) is 0 Å². The fourth-order valence-electron chi connectivity index (χ4n) is 1.29. The van der Waals surface area contributed by atoms with Gasteiger partial charge in [0.15, 0.2) is 0 Å². The van der Waals surface area contributed by atoms with E-state index in [4.69, 9.17) is 10.5 Å². The topological polar surface area (TPSA) is 35.2 Å². The second-order valence-electron chi connectivity index (χ2n) is 3.54. The average molecular weight is 215 g/mol. The number of nitrogens with two attached hydrogens (primary N) is 1. The molecular weight excluding hydrogens is 200 g/mol. The molecule has 4 heteroatoms. The van der Waals surface area contributed by atoms with Crippen LogP contribution in [0.15, 0.2) is 18.2 Å². The van der Waals surface area contributed by atoms with Gasteiger partial charge < -0.3 is 10.5 Å². The van der Waals surface area contributed by atoms with Crippen LogP contribution >= 0.6 is 0 Å². The molecule has 0 spiro atoms. The number of halogens is 2. The minimum absolute atomic E-state index is 0.187. The van der Waals surface area contributed by atoms with Crippen LogP contribution in [-0.2, 0) is 11.2 Å². The number of ether oxygens (including phenoxy) is 1. The molecule has 0 amide bonds. The zero-order chi connectivity index (χ0) is 11.4. The molecule has 0 aliphatic carbocycles. The Balaban J connectivity index is 2.75. The first-order valence-corrected chi connectivity index (χ1v) is 4.77. The monoisotopic (exact) mass is 215 g/mol. The summed E-state index contributed by atoms with van der Waals surface area (Å²) >= 11 is 0. The van der Waals surface area contributed by atoms with Crippen LogP contribution in [-0.4, -0.2) is 19.3 Å². The van der Waals surface area contributed by atoms with E-state index in [1.165, 1.54) is 7.11 Å². The van der Waals surface area contributed by atoms with Crippen molar-refractivity contribution in [1.82, 2.24) is 0 Å².